The highest BCUT2D eigenvalue weighted by molar-refractivity contribution is 7.07. The fourth-order valence-electron chi connectivity index (χ4n) is 3.34. The third kappa shape index (κ3) is 5.23. The Hall–Kier alpha value is -3.45. The van der Waals surface area contributed by atoms with Crippen LogP contribution in [-0.4, -0.2) is 29.4 Å². The van der Waals surface area contributed by atoms with Crippen molar-refractivity contribution in [1.29, 1.82) is 0 Å². The van der Waals surface area contributed by atoms with Gasteiger partial charge in [-0.3, -0.25) is 9.79 Å². The molecule has 0 bridgehead atoms. The number of ether oxygens (including phenoxy) is 1. The smallest absolute Gasteiger partial charge is 0.262 e. The van der Waals surface area contributed by atoms with E-state index in [4.69, 9.17) is 14.8 Å². The minimum atomic E-state index is -0.153. The summed E-state index contributed by atoms with van der Waals surface area (Å²) in [5.74, 6) is 0.518. The molecule has 2 aromatic carbocycles. The average molecular weight is 447 g/mol. The topological polar surface area (TPSA) is 68.0 Å². The molecule has 4 rings (SSSR count). The lowest BCUT2D eigenvalue weighted by molar-refractivity contribution is -0.118. The van der Waals surface area contributed by atoms with Crippen molar-refractivity contribution in [3.05, 3.63) is 76.4 Å². The van der Waals surface area contributed by atoms with E-state index in [-0.39, 0.29) is 12.5 Å². The molecule has 32 heavy (non-hydrogen) atoms. The maximum Gasteiger partial charge on any atom is 0.262 e. The van der Waals surface area contributed by atoms with Crippen molar-refractivity contribution in [3.8, 4) is 17.0 Å². The van der Waals surface area contributed by atoms with Crippen LogP contribution >= 0.6 is 11.3 Å². The molecule has 0 saturated carbocycles. The fourth-order valence-corrected chi connectivity index (χ4v) is 4.17. The maximum atomic E-state index is 11.7. The first-order valence-corrected chi connectivity index (χ1v) is 11.4. The molecule has 0 unspecified atom stereocenters. The van der Waals surface area contributed by atoms with Crippen LogP contribution in [0.5, 0.6) is 5.75 Å². The second kappa shape index (κ2) is 9.78. The van der Waals surface area contributed by atoms with Crippen molar-refractivity contribution in [1.82, 2.24) is 4.68 Å². The van der Waals surface area contributed by atoms with Gasteiger partial charge in [0.2, 0.25) is 4.80 Å². The monoisotopic (exact) mass is 446 g/mol. The molecule has 0 atom stereocenters. The number of aryl methyl sites for hydroxylation is 1. The molecule has 0 radical (unpaired) electrons. The number of thiazole rings is 1. The van der Waals surface area contributed by atoms with E-state index in [1.165, 1.54) is 16.9 Å². The van der Waals surface area contributed by atoms with Gasteiger partial charge in [-0.25, -0.2) is 4.68 Å². The molecule has 1 N–H and O–H groups in total. The lowest BCUT2D eigenvalue weighted by Gasteiger charge is -2.18. The van der Waals surface area contributed by atoms with Crippen LogP contribution in [-0.2, 0) is 11.2 Å². The molecule has 0 aliphatic carbocycles. The van der Waals surface area contributed by atoms with Crippen molar-refractivity contribution in [2.75, 3.05) is 18.5 Å². The molecule has 0 fully saturated rings. The van der Waals surface area contributed by atoms with Gasteiger partial charge in [0.1, 0.15) is 5.75 Å². The largest absolute Gasteiger partial charge is 0.482 e. The molecule has 7 heteroatoms. The fraction of sp³-hybridized carbons (Fsp3) is 0.240. The number of rotatable bonds is 7. The summed E-state index contributed by atoms with van der Waals surface area (Å²) in [6, 6.07) is 16.2. The van der Waals surface area contributed by atoms with Crippen molar-refractivity contribution in [3.63, 3.8) is 0 Å². The standard InChI is InChI=1S/C25H26N4O2S/c1-17(2)14-26-25-29(28-18(3)9-10-19-7-5-4-6-8-19)22(16-32-25)20-11-12-23-21(13-20)27-24(30)15-31-23/h4-8,11-13,16H,1,9-10,14-15H2,2-3H3,(H,27,30). The second-order valence-electron chi connectivity index (χ2n) is 7.86. The van der Waals surface area contributed by atoms with Crippen LogP contribution in [0.4, 0.5) is 5.69 Å². The number of carbonyl (C=O) groups is 1. The van der Waals surface area contributed by atoms with Gasteiger partial charge in [-0.05, 0) is 50.5 Å². The molecule has 0 spiro atoms. The minimum absolute atomic E-state index is 0.0413. The third-order valence-electron chi connectivity index (χ3n) is 4.97. The first-order chi connectivity index (χ1) is 15.5. The Morgan fingerprint density at radius 3 is 2.81 bits per heavy atom. The summed E-state index contributed by atoms with van der Waals surface area (Å²) < 4.78 is 7.38. The van der Waals surface area contributed by atoms with Gasteiger partial charge >= 0.3 is 0 Å². The Bertz CT molecular complexity index is 1240. The van der Waals surface area contributed by atoms with E-state index in [9.17, 15) is 4.79 Å². The van der Waals surface area contributed by atoms with Crippen LogP contribution in [0.1, 0.15) is 25.8 Å². The van der Waals surface area contributed by atoms with Crippen molar-refractivity contribution >= 4 is 28.6 Å². The number of hydrogen-bond donors (Lipinski definition) is 1. The molecule has 6 nitrogen and oxygen atoms in total. The number of anilines is 1. The molecule has 1 amide bonds. The van der Waals surface area contributed by atoms with Gasteiger partial charge in [-0.2, -0.15) is 5.10 Å². The minimum Gasteiger partial charge on any atom is -0.482 e. The highest BCUT2D eigenvalue weighted by Gasteiger charge is 2.18. The zero-order valence-electron chi connectivity index (χ0n) is 18.3. The van der Waals surface area contributed by atoms with E-state index in [2.05, 4.69) is 36.2 Å². The van der Waals surface area contributed by atoms with Crippen LogP contribution in [0.3, 0.4) is 0 Å². The van der Waals surface area contributed by atoms with Gasteiger partial charge in [0.25, 0.3) is 5.91 Å². The Labute approximate surface area is 191 Å². The van der Waals surface area contributed by atoms with E-state index in [1.807, 2.05) is 48.2 Å². The van der Waals surface area contributed by atoms with Gasteiger partial charge in [-0.1, -0.05) is 42.5 Å². The Morgan fingerprint density at radius 1 is 1.22 bits per heavy atom. The van der Waals surface area contributed by atoms with Gasteiger partial charge < -0.3 is 10.1 Å². The number of aromatic nitrogens is 1. The van der Waals surface area contributed by atoms with Crippen LogP contribution in [0.2, 0.25) is 0 Å². The number of amides is 1. The number of benzene rings is 2. The van der Waals surface area contributed by atoms with Crippen LogP contribution in [0.15, 0.2) is 76.2 Å². The van der Waals surface area contributed by atoms with Gasteiger partial charge in [-0.15, -0.1) is 11.3 Å². The van der Waals surface area contributed by atoms with E-state index in [0.717, 1.165) is 40.2 Å². The van der Waals surface area contributed by atoms with Crippen LogP contribution in [0, 0.1) is 0 Å². The SMILES string of the molecule is C=C(C)CN=c1scc(-c2ccc3c(c2)NC(=O)CO3)n1N=C(C)CCc1ccccc1. The molecule has 1 aliphatic rings. The van der Waals surface area contributed by atoms with Crippen LogP contribution < -0.4 is 14.9 Å². The summed E-state index contributed by atoms with van der Waals surface area (Å²) in [7, 11) is 0. The van der Waals surface area contributed by atoms with Crippen molar-refractivity contribution in [2.24, 2.45) is 10.1 Å². The molecule has 164 valence electrons. The molecule has 3 aromatic rings. The number of hydrogen-bond acceptors (Lipinski definition) is 5. The van der Waals surface area contributed by atoms with Gasteiger partial charge in [0.15, 0.2) is 6.61 Å². The van der Waals surface area contributed by atoms with E-state index < -0.39 is 0 Å². The van der Waals surface area contributed by atoms with E-state index in [0.29, 0.717) is 18.0 Å². The third-order valence-corrected chi connectivity index (χ3v) is 5.82. The molecule has 2 heterocycles. The normalized spacial score (nSPS) is 14.0. The summed E-state index contributed by atoms with van der Waals surface area (Å²) >= 11 is 1.54. The highest BCUT2D eigenvalue weighted by Crippen LogP contribution is 2.33. The molecule has 1 aliphatic heterocycles. The zero-order valence-corrected chi connectivity index (χ0v) is 19.1. The first kappa shape index (κ1) is 21.8. The lowest BCUT2D eigenvalue weighted by atomic mass is 10.1. The molecular weight excluding hydrogens is 420 g/mol. The number of nitrogens with one attached hydrogen (secondary N) is 1. The Kier molecular flexibility index (Phi) is 6.66. The summed E-state index contributed by atoms with van der Waals surface area (Å²) in [6.07, 6.45) is 1.77. The highest BCUT2D eigenvalue weighted by atomic mass is 32.1. The number of carbonyl (C=O) groups excluding carboxylic acids is 1. The Balaban J connectivity index is 1.69. The second-order valence-corrected chi connectivity index (χ2v) is 8.69. The molecule has 1 aromatic heterocycles. The van der Waals surface area contributed by atoms with Crippen molar-refractivity contribution < 1.29 is 9.53 Å². The maximum absolute atomic E-state index is 11.7. The zero-order chi connectivity index (χ0) is 22.5. The first-order valence-electron chi connectivity index (χ1n) is 10.5. The summed E-state index contributed by atoms with van der Waals surface area (Å²) in [6.45, 7) is 8.55. The predicted molar refractivity (Wildman–Crippen MR) is 130 cm³/mol. The van der Waals surface area contributed by atoms with Gasteiger partial charge in [0, 0.05) is 16.7 Å². The van der Waals surface area contributed by atoms with Crippen LogP contribution in [0.25, 0.3) is 11.3 Å². The molecular formula is C25H26N4O2S. The average Bonchev–Trinajstić information content (AvgIpc) is 3.18. The molecule has 0 saturated heterocycles. The summed E-state index contributed by atoms with van der Waals surface area (Å²) in [4.78, 5) is 17.3. The Morgan fingerprint density at radius 2 is 2.03 bits per heavy atom. The summed E-state index contributed by atoms with van der Waals surface area (Å²) in [5, 5.41) is 9.83. The number of fused-ring (bicyclic) bond motifs is 1. The lowest BCUT2D eigenvalue weighted by Crippen LogP contribution is -2.25. The van der Waals surface area contributed by atoms with Crippen molar-refractivity contribution in [2.45, 2.75) is 26.7 Å². The number of nitrogens with zero attached hydrogens (tertiary/aromatic N) is 3. The summed E-state index contributed by atoms with van der Waals surface area (Å²) in [5.41, 5.74) is 5.81. The van der Waals surface area contributed by atoms with Gasteiger partial charge in [0.05, 0.1) is 17.9 Å². The predicted octanol–water partition coefficient (Wildman–Crippen LogP) is 4.88. The van der Waals surface area contributed by atoms with E-state index in [1.54, 1.807) is 0 Å². The quantitative estimate of drug-likeness (QED) is 0.415. The van der Waals surface area contributed by atoms with E-state index >= 15 is 0 Å².